The number of hydrogen-bond acceptors (Lipinski definition) is 4. The van der Waals surface area contributed by atoms with Crippen molar-refractivity contribution in [3.05, 3.63) is 35.9 Å². The lowest BCUT2D eigenvalue weighted by atomic mass is 10.1. The van der Waals surface area contributed by atoms with Crippen molar-refractivity contribution in [3.63, 3.8) is 0 Å². The first-order valence-electron chi connectivity index (χ1n) is 6.81. The van der Waals surface area contributed by atoms with E-state index in [4.69, 9.17) is 5.73 Å². The molecule has 1 unspecified atom stereocenters. The number of pyridine rings is 1. The Kier molecular flexibility index (Phi) is 3.28. The zero-order valence-electron chi connectivity index (χ0n) is 11.5. The van der Waals surface area contributed by atoms with Crippen LogP contribution in [0.3, 0.4) is 0 Å². The van der Waals surface area contributed by atoms with Gasteiger partial charge in [0.25, 0.3) is 5.91 Å². The van der Waals surface area contributed by atoms with Gasteiger partial charge in [0.2, 0.25) is 0 Å². The number of carbonyl (C=O) groups is 1. The van der Waals surface area contributed by atoms with Crippen molar-refractivity contribution in [1.29, 1.82) is 0 Å². The number of hydrogen-bond donors (Lipinski definition) is 2. The van der Waals surface area contributed by atoms with Crippen LogP contribution >= 0.6 is 0 Å². The fourth-order valence-electron chi connectivity index (χ4n) is 2.72. The lowest BCUT2D eigenvalue weighted by molar-refractivity contribution is 0.100. The lowest BCUT2D eigenvalue weighted by Gasteiger charge is -2.20. The second kappa shape index (κ2) is 5.09. The third-order valence-electron chi connectivity index (χ3n) is 3.87. The minimum Gasteiger partial charge on any atom is -0.365 e. The van der Waals surface area contributed by atoms with E-state index in [1.807, 2.05) is 37.4 Å². The SMILES string of the molecule is CNC1CCN(c2nc3ccccc3cc2C(N)=O)C1. The highest BCUT2D eigenvalue weighted by molar-refractivity contribution is 6.01. The number of amides is 1. The van der Waals surface area contributed by atoms with Crippen LogP contribution in [-0.4, -0.2) is 37.1 Å². The maximum absolute atomic E-state index is 11.7. The molecule has 1 aromatic heterocycles. The minimum absolute atomic E-state index is 0.425. The number of nitrogens with one attached hydrogen (secondary N) is 1. The quantitative estimate of drug-likeness (QED) is 0.877. The van der Waals surface area contributed by atoms with Crippen LogP contribution in [0, 0.1) is 0 Å². The maximum atomic E-state index is 11.7. The summed E-state index contributed by atoms with van der Waals surface area (Å²) >= 11 is 0. The molecule has 20 heavy (non-hydrogen) atoms. The molecular formula is C15H18N4O. The Balaban J connectivity index is 2.08. The molecule has 5 nitrogen and oxygen atoms in total. The Morgan fingerprint density at radius 2 is 2.25 bits per heavy atom. The van der Waals surface area contributed by atoms with Gasteiger partial charge in [-0.15, -0.1) is 0 Å². The number of rotatable bonds is 3. The van der Waals surface area contributed by atoms with Crippen LogP contribution in [0.1, 0.15) is 16.8 Å². The van der Waals surface area contributed by atoms with E-state index in [0.717, 1.165) is 30.4 Å². The van der Waals surface area contributed by atoms with Crippen molar-refractivity contribution in [2.24, 2.45) is 5.73 Å². The molecule has 3 rings (SSSR count). The van der Waals surface area contributed by atoms with Gasteiger partial charge in [-0.25, -0.2) is 4.98 Å². The molecule has 0 radical (unpaired) electrons. The van der Waals surface area contributed by atoms with Crippen molar-refractivity contribution in [3.8, 4) is 0 Å². The molecule has 1 fully saturated rings. The van der Waals surface area contributed by atoms with Gasteiger partial charge in [-0.1, -0.05) is 18.2 Å². The topological polar surface area (TPSA) is 71.2 Å². The summed E-state index contributed by atoms with van der Waals surface area (Å²) in [7, 11) is 1.96. The normalized spacial score (nSPS) is 18.6. The van der Waals surface area contributed by atoms with Gasteiger partial charge in [0.05, 0.1) is 11.1 Å². The van der Waals surface area contributed by atoms with Crippen molar-refractivity contribution >= 4 is 22.6 Å². The van der Waals surface area contributed by atoms with E-state index >= 15 is 0 Å². The maximum Gasteiger partial charge on any atom is 0.252 e. The fourth-order valence-corrected chi connectivity index (χ4v) is 2.72. The van der Waals surface area contributed by atoms with Crippen molar-refractivity contribution < 1.29 is 4.79 Å². The number of nitrogens with zero attached hydrogens (tertiary/aromatic N) is 2. The summed E-state index contributed by atoms with van der Waals surface area (Å²) in [5.74, 6) is 0.278. The summed E-state index contributed by atoms with van der Waals surface area (Å²) in [4.78, 5) is 18.5. The highest BCUT2D eigenvalue weighted by atomic mass is 16.1. The third-order valence-corrected chi connectivity index (χ3v) is 3.87. The van der Waals surface area contributed by atoms with E-state index in [9.17, 15) is 4.79 Å². The predicted molar refractivity (Wildman–Crippen MR) is 79.9 cm³/mol. The number of likely N-dealkylation sites (N-methyl/N-ethyl adjacent to an activating group) is 1. The van der Waals surface area contributed by atoms with Crippen LogP contribution in [0.15, 0.2) is 30.3 Å². The molecule has 0 bridgehead atoms. The largest absolute Gasteiger partial charge is 0.365 e. The first-order chi connectivity index (χ1) is 9.69. The van der Waals surface area contributed by atoms with Crippen LogP contribution in [0.4, 0.5) is 5.82 Å². The summed E-state index contributed by atoms with van der Waals surface area (Å²) in [5, 5.41) is 4.20. The average Bonchev–Trinajstić information content (AvgIpc) is 2.94. The van der Waals surface area contributed by atoms with Gasteiger partial charge in [-0.3, -0.25) is 4.79 Å². The summed E-state index contributed by atoms with van der Waals surface area (Å²) in [6, 6.07) is 10.1. The third kappa shape index (κ3) is 2.20. The van der Waals surface area contributed by atoms with E-state index in [-0.39, 0.29) is 0 Å². The average molecular weight is 270 g/mol. The molecule has 1 aliphatic heterocycles. The van der Waals surface area contributed by atoms with Crippen LogP contribution in [-0.2, 0) is 0 Å². The Morgan fingerprint density at radius 1 is 1.45 bits per heavy atom. The zero-order chi connectivity index (χ0) is 14.1. The molecule has 5 heteroatoms. The van der Waals surface area contributed by atoms with Gasteiger partial charge in [0.15, 0.2) is 0 Å². The van der Waals surface area contributed by atoms with E-state index in [1.54, 1.807) is 0 Å². The second-order valence-electron chi connectivity index (χ2n) is 5.14. The molecule has 104 valence electrons. The molecule has 1 aliphatic rings. The molecule has 1 atom stereocenters. The van der Waals surface area contributed by atoms with Crippen molar-refractivity contribution in [2.45, 2.75) is 12.5 Å². The van der Waals surface area contributed by atoms with Crippen molar-refractivity contribution in [1.82, 2.24) is 10.3 Å². The van der Waals surface area contributed by atoms with E-state index in [2.05, 4.69) is 15.2 Å². The number of benzene rings is 1. The van der Waals surface area contributed by atoms with Crippen molar-refractivity contribution in [2.75, 3.05) is 25.0 Å². The number of carbonyl (C=O) groups excluding carboxylic acids is 1. The van der Waals surface area contributed by atoms with Crippen LogP contribution < -0.4 is 16.0 Å². The van der Waals surface area contributed by atoms with Gasteiger partial charge < -0.3 is 16.0 Å². The Labute approximate surface area is 117 Å². The zero-order valence-corrected chi connectivity index (χ0v) is 11.5. The second-order valence-corrected chi connectivity index (χ2v) is 5.14. The van der Waals surface area contributed by atoms with E-state index in [1.165, 1.54) is 0 Å². The number of fused-ring (bicyclic) bond motifs is 1. The first kappa shape index (κ1) is 12.9. The highest BCUT2D eigenvalue weighted by Gasteiger charge is 2.25. The molecule has 2 aromatic rings. The Hall–Kier alpha value is -2.14. The Morgan fingerprint density at radius 3 is 2.95 bits per heavy atom. The van der Waals surface area contributed by atoms with Crippen LogP contribution in [0.25, 0.3) is 10.9 Å². The van der Waals surface area contributed by atoms with Crippen LogP contribution in [0.5, 0.6) is 0 Å². The molecule has 0 saturated carbocycles. The number of para-hydroxylation sites is 1. The van der Waals surface area contributed by atoms with E-state index < -0.39 is 5.91 Å². The fraction of sp³-hybridized carbons (Fsp3) is 0.333. The molecule has 1 saturated heterocycles. The summed E-state index contributed by atoms with van der Waals surface area (Å²) < 4.78 is 0. The number of nitrogens with two attached hydrogens (primary N) is 1. The van der Waals surface area contributed by atoms with Crippen LogP contribution in [0.2, 0.25) is 0 Å². The summed E-state index contributed by atoms with van der Waals surface area (Å²) in [6.45, 7) is 1.74. The highest BCUT2D eigenvalue weighted by Crippen LogP contribution is 2.26. The molecule has 1 amide bonds. The minimum atomic E-state index is -0.425. The lowest BCUT2D eigenvalue weighted by Crippen LogP contribution is -2.31. The van der Waals surface area contributed by atoms with Gasteiger partial charge in [-0.2, -0.15) is 0 Å². The smallest absolute Gasteiger partial charge is 0.252 e. The van der Waals surface area contributed by atoms with Gasteiger partial charge in [-0.05, 0) is 25.6 Å². The molecular weight excluding hydrogens is 252 g/mol. The molecule has 2 heterocycles. The first-order valence-corrected chi connectivity index (χ1v) is 6.81. The molecule has 0 spiro atoms. The van der Waals surface area contributed by atoms with Gasteiger partial charge >= 0.3 is 0 Å². The summed E-state index contributed by atoms with van der Waals surface area (Å²) in [5.41, 5.74) is 6.91. The number of anilines is 1. The summed E-state index contributed by atoms with van der Waals surface area (Å²) in [6.07, 6.45) is 1.04. The predicted octanol–water partition coefficient (Wildman–Crippen LogP) is 1.13. The monoisotopic (exact) mass is 270 g/mol. The van der Waals surface area contributed by atoms with Gasteiger partial charge in [0.1, 0.15) is 5.82 Å². The number of primary amides is 1. The molecule has 0 aliphatic carbocycles. The van der Waals surface area contributed by atoms with Gasteiger partial charge in [0, 0.05) is 24.5 Å². The van der Waals surface area contributed by atoms with E-state index in [0.29, 0.717) is 17.4 Å². The Bertz CT molecular complexity index is 655. The molecule has 3 N–H and O–H groups in total. The standard InChI is InChI=1S/C15H18N4O/c1-17-11-6-7-19(9-11)15-12(14(16)20)8-10-4-2-3-5-13(10)18-15/h2-5,8,11,17H,6-7,9H2,1H3,(H2,16,20). The number of aromatic nitrogens is 1. The molecule has 1 aromatic carbocycles.